The third kappa shape index (κ3) is 4.04. The van der Waals surface area contributed by atoms with E-state index in [0.29, 0.717) is 18.1 Å². The van der Waals surface area contributed by atoms with Crippen molar-refractivity contribution in [1.29, 1.82) is 0 Å². The molecule has 3 aromatic carbocycles. The highest BCUT2D eigenvalue weighted by molar-refractivity contribution is 14.1. The summed E-state index contributed by atoms with van der Waals surface area (Å²) in [7, 11) is 0. The van der Waals surface area contributed by atoms with Crippen molar-refractivity contribution in [2.45, 2.75) is 32.3 Å². The number of ether oxygens (including phenoxy) is 2. The average Bonchev–Trinajstić information content (AvgIpc) is 3.13. The first-order valence-electron chi connectivity index (χ1n) is 11.0. The van der Waals surface area contributed by atoms with Gasteiger partial charge in [0, 0.05) is 34.1 Å². The minimum absolute atomic E-state index is 0.181. The average molecular weight is 541 g/mol. The molecule has 0 aliphatic carbocycles. The quantitative estimate of drug-likeness (QED) is 0.251. The lowest BCUT2D eigenvalue weighted by Crippen LogP contribution is -2.17. The maximum absolute atomic E-state index is 14.1. The number of rotatable bonds is 5. The van der Waals surface area contributed by atoms with E-state index in [2.05, 4.69) is 45.4 Å². The molecule has 0 saturated carbocycles. The highest BCUT2D eigenvalue weighted by atomic mass is 127. The van der Waals surface area contributed by atoms with Gasteiger partial charge in [0.1, 0.15) is 18.2 Å². The van der Waals surface area contributed by atoms with Crippen molar-refractivity contribution in [3.63, 3.8) is 0 Å². The summed E-state index contributed by atoms with van der Waals surface area (Å²) in [6.07, 6.45) is 1.96. The molecule has 164 valence electrons. The van der Waals surface area contributed by atoms with Crippen molar-refractivity contribution in [2.24, 2.45) is 0 Å². The topological polar surface area (TPSA) is 23.4 Å². The number of aromatic nitrogens is 1. The van der Waals surface area contributed by atoms with Crippen molar-refractivity contribution >= 4 is 33.5 Å². The molecule has 4 aromatic rings. The lowest BCUT2D eigenvalue weighted by Gasteiger charge is -2.25. The van der Waals surface area contributed by atoms with E-state index in [1.165, 1.54) is 9.26 Å². The number of aryl methyl sites for hydroxylation is 1. The zero-order valence-electron chi connectivity index (χ0n) is 18.0. The summed E-state index contributed by atoms with van der Waals surface area (Å²) >= 11 is 2.47. The van der Waals surface area contributed by atoms with Crippen LogP contribution in [0.25, 0.3) is 16.6 Å². The Hall–Kier alpha value is -2.38. The van der Waals surface area contributed by atoms with E-state index >= 15 is 0 Å². The van der Waals surface area contributed by atoms with Gasteiger partial charge in [-0.15, -0.1) is 0 Å². The molecule has 5 rings (SSSR count). The van der Waals surface area contributed by atoms with E-state index in [9.17, 15) is 4.39 Å². The van der Waals surface area contributed by atoms with Crippen molar-refractivity contribution in [3.05, 3.63) is 92.9 Å². The summed E-state index contributed by atoms with van der Waals surface area (Å²) in [5, 5.41) is 1.12. The summed E-state index contributed by atoms with van der Waals surface area (Å²) in [6.45, 7) is 3.87. The molecule has 2 heterocycles. The largest absolute Gasteiger partial charge is 0.488 e. The minimum Gasteiger partial charge on any atom is -0.488 e. The Bertz CT molecular complexity index is 1250. The Kier molecular flexibility index (Phi) is 6.20. The zero-order chi connectivity index (χ0) is 22.1. The zero-order valence-corrected chi connectivity index (χ0v) is 20.1. The fraction of sp³-hybridized carbons (Fsp3) is 0.259. The molecule has 0 N–H and O–H groups in total. The van der Waals surface area contributed by atoms with Crippen molar-refractivity contribution in [3.8, 4) is 11.4 Å². The maximum atomic E-state index is 14.1. The number of fused-ring (bicyclic) bond motifs is 1. The first-order chi connectivity index (χ1) is 15.6. The van der Waals surface area contributed by atoms with E-state index in [4.69, 9.17) is 9.47 Å². The maximum Gasteiger partial charge on any atom is 0.130 e. The Labute approximate surface area is 201 Å². The van der Waals surface area contributed by atoms with E-state index in [0.717, 1.165) is 54.0 Å². The number of nitrogens with zero attached hydrogens (tertiary/aromatic N) is 1. The van der Waals surface area contributed by atoms with Crippen LogP contribution in [0.1, 0.15) is 35.6 Å². The van der Waals surface area contributed by atoms with Crippen LogP contribution in [0, 0.1) is 16.3 Å². The molecule has 32 heavy (non-hydrogen) atoms. The SMILES string of the molecule is Cc1cc(-n2c(C3CCOCC3)c(I)c3c(OCc4ccccc4)cccc32)ccc1F. The van der Waals surface area contributed by atoms with Crippen LogP contribution in [0.15, 0.2) is 66.7 Å². The molecule has 1 aromatic heterocycles. The molecule has 0 atom stereocenters. The van der Waals surface area contributed by atoms with Crippen LogP contribution in [0.4, 0.5) is 4.39 Å². The molecule has 5 heteroatoms. The number of hydrogen-bond acceptors (Lipinski definition) is 2. The van der Waals surface area contributed by atoms with Crippen LogP contribution < -0.4 is 4.74 Å². The third-order valence-corrected chi connectivity index (χ3v) is 7.27. The van der Waals surface area contributed by atoms with Gasteiger partial charge in [-0.2, -0.15) is 0 Å². The Morgan fingerprint density at radius 2 is 1.81 bits per heavy atom. The first kappa shape index (κ1) is 21.5. The molecule has 0 amide bonds. The fourth-order valence-electron chi connectivity index (χ4n) is 4.52. The van der Waals surface area contributed by atoms with E-state index in [-0.39, 0.29) is 5.82 Å². The fourth-order valence-corrected chi connectivity index (χ4v) is 5.74. The second-order valence-corrected chi connectivity index (χ2v) is 9.36. The number of halogens is 2. The van der Waals surface area contributed by atoms with Gasteiger partial charge in [0.25, 0.3) is 0 Å². The van der Waals surface area contributed by atoms with Gasteiger partial charge in [-0.1, -0.05) is 36.4 Å². The Morgan fingerprint density at radius 1 is 1.03 bits per heavy atom. The second-order valence-electron chi connectivity index (χ2n) is 8.28. The van der Waals surface area contributed by atoms with Gasteiger partial charge >= 0.3 is 0 Å². The third-order valence-electron chi connectivity index (χ3n) is 6.18. The molecule has 1 saturated heterocycles. The van der Waals surface area contributed by atoms with E-state index in [1.54, 1.807) is 6.07 Å². The second kappa shape index (κ2) is 9.24. The molecule has 1 aliphatic rings. The summed E-state index contributed by atoms with van der Waals surface area (Å²) in [5.74, 6) is 1.08. The van der Waals surface area contributed by atoms with Gasteiger partial charge in [0.2, 0.25) is 0 Å². The first-order valence-corrected chi connectivity index (χ1v) is 12.0. The molecular weight excluding hydrogens is 516 g/mol. The smallest absolute Gasteiger partial charge is 0.130 e. The minimum atomic E-state index is -0.181. The standard InChI is InChI=1S/C27H25FINO2/c1-18-16-21(10-11-22(18)28)30-23-8-5-9-24(32-17-19-6-3-2-4-7-19)25(23)26(29)27(30)20-12-14-31-15-13-20/h2-11,16,20H,12-15,17H2,1H3. The molecule has 1 fully saturated rings. The molecule has 0 radical (unpaired) electrons. The lowest BCUT2D eigenvalue weighted by molar-refractivity contribution is 0.0841. The van der Waals surface area contributed by atoms with Crippen molar-refractivity contribution in [1.82, 2.24) is 4.57 Å². The van der Waals surface area contributed by atoms with Gasteiger partial charge in [-0.3, -0.25) is 0 Å². The van der Waals surface area contributed by atoms with E-state index in [1.807, 2.05) is 49.4 Å². The van der Waals surface area contributed by atoms with Crippen LogP contribution in [0.5, 0.6) is 5.75 Å². The van der Waals surface area contributed by atoms with Gasteiger partial charge in [-0.05, 0) is 83.8 Å². The monoisotopic (exact) mass is 541 g/mol. The lowest BCUT2D eigenvalue weighted by atomic mass is 9.96. The van der Waals surface area contributed by atoms with Gasteiger partial charge in [0.05, 0.1) is 10.9 Å². The van der Waals surface area contributed by atoms with Crippen LogP contribution in [-0.4, -0.2) is 17.8 Å². The Balaban J connectivity index is 1.67. The normalized spacial score (nSPS) is 14.7. The summed E-state index contributed by atoms with van der Waals surface area (Å²) in [5.41, 5.74) is 5.13. The molecule has 0 bridgehead atoms. The molecule has 1 aliphatic heterocycles. The summed E-state index contributed by atoms with van der Waals surface area (Å²) in [6, 6.07) is 21.8. The predicted octanol–water partition coefficient (Wildman–Crippen LogP) is 7.16. The van der Waals surface area contributed by atoms with Gasteiger partial charge < -0.3 is 14.0 Å². The van der Waals surface area contributed by atoms with Crippen LogP contribution in [-0.2, 0) is 11.3 Å². The van der Waals surface area contributed by atoms with Crippen LogP contribution >= 0.6 is 22.6 Å². The highest BCUT2D eigenvalue weighted by Crippen LogP contribution is 2.42. The van der Waals surface area contributed by atoms with Crippen molar-refractivity contribution < 1.29 is 13.9 Å². The van der Waals surface area contributed by atoms with E-state index < -0.39 is 0 Å². The molecule has 0 unspecified atom stereocenters. The van der Waals surface area contributed by atoms with Gasteiger partial charge in [-0.25, -0.2) is 4.39 Å². The molecular formula is C27H25FINO2. The summed E-state index contributed by atoms with van der Waals surface area (Å²) < 4.78 is 29.5. The van der Waals surface area contributed by atoms with Crippen LogP contribution in [0.2, 0.25) is 0 Å². The molecule has 3 nitrogen and oxygen atoms in total. The van der Waals surface area contributed by atoms with Gasteiger partial charge in [0.15, 0.2) is 0 Å². The van der Waals surface area contributed by atoms with Crippen LogP contribution in [0.3, 0.4) is 0 Å². The highest BCUT2D eigenvalue weighted by Gasteiger charge is 2.27. The number of benzene rings is 3. The van der Waals surface area contributed by atoms with Crippen molar-refractivity contribution in [2.75, 3.05) is 13.2 Å². The number of hydrogen-bond donors (Lipinski definition) is 0. The Morgan fingerprint density at radius 3 is 2.56 bits per heavy atom. The summed E-state index contributed by atoms with van der Waals surface area (Å²) in [4.78, 5) is 0. The molecule has 0 spiro atoms. The predicted molar refractivity (Wildman–Crippen MR) is 134 cm³/mol.